The average molecular weight is 498 g/mol. The van der Waals surface area contributed by atoms with Gasteiger partial charge in [-0.15, -0.1) is 0 Å². The summed E-state index contributed by atoms with van der Waals surface area (Å²) in [5.41, 5.74) is 1.66. The Hall–Kier alpha value is -2.64. The van der Waals surface area contributed by atoms with Crippen molar-refractivity contribution in [3.05, 3.63) is 84.8 Å². The number of aliphatic hydroxyl groups is 3. The maximum Gasteiger partial charge on any atom is 0.111 e. The summed E-state index contributed by atoms with van der Waals surface area (Å²) in [6, 6.07) is 0. The molecule has 36 heavy (non-hydrogen) atoms. The minimum Gasteiger partial charge on any atom is -0.400 e. The summed E-state index contributed by atoms with van der Waals surface area (Å²) in [5.74, 6) is 0.238. The third-order valence-corrected chi connectivity index (χ3v) is 5.20. The van der Waals surface area contributed by atoms with Gasteiger partial charge in [0.05, 0.1) is 11.4 Å². The van der Waals surface area contributed by atoms with E-state index in [4.69, 9.17) is 15.2 Å². The highest BCUT2D eigenvalue weighted by Gasteiger charge is 2.21. The molecule has 0 spiro atoms. The molecule has 2 aliphatic carbocycles. The van der Waals surface area contributed by atoms with Crippen LogP contribution in [0.5, 0.6) is 0 Å². The van der Waals surface area contributed by atoms with Crippen molar-refractivity contribution < 1.29 is 15.3 Å². The van der Waals surface area contributed by atoms with Crippen LogP contribution in [0.4, 0.5) is 0 Å². The Kier molecular flexibility index (Phi) is 22.3. The van der Waals surface area contributed by atoms with Gasteiger partial charge < -0.3 is 15.3 Å². The van der Waals surface area contributed by atoms with Crippen LogP contribution in [-0.2, 0) is 0 Å². The zero-order valence-electron chi connectivity index (χ0n) is 22.3. The second kappa shape index (κ2) is 24.1. The monoisotopic (exact) mass is 497 g/mol. The quantitative estimate of drug-likeness (QED) is 0.111. The first-order chi connectivity index (χ1) is 17.7. The van der Waals surface area contributed by atoms with Gasteiger partial charge in [0.1, 0.15) is 6.23 Å². The minimum atomic E-state index is -0.661. The summed E-state index contributed by atoms with van der Waals surface area (Å²) in [4.78, 5) is 9.40. The number of nitrogens with zero attached hydrogens (tertiary/aromatic N) is 2. The summed E-state index contributed by atoms with van der Waals surface area (Å²) >= 11 is 0. The van der Waals surface area contributed by atoms with Crippen LogP contribution in [-0.4, -0.2) is 54.2 Å². The first kappa shape index (κ1) is 33.4. The van der Waals surface area contributed by atoms with E-state index in [9.17, 15) is 5.11 Å². The molecule has 3 unspecified atom stereocenters. The van der Waals surface area contributed by atoms with Crippen LogP contribution in [0, 0.1) is 11.8 Å². The van der Waals surface area contributed by atoms with Gasteiger partial charge in [0.15, 0.2) is 0 Å². The van der Waals surface area contributed by atoms with E-state index in [-0.39, 0.29) is 12.5 Å². The lowest BCUT2D eigenvalue weighted by atomic mass is 9.95. The van der Waals surface area contributed by atoms with E-state index >= 15 is 0 Å². The molecule has 0 aliphatic heterocycles. The topological polar surface area (TPSA) is 97.4 Å². The van der Waals surface area contributed by atoms with Crippen LogP contribution in [0.2, 0.25) is 0 Å². The molecule has 2 rings (SSSR count). The lowest BCUT2D eigenvalue weighted by Gasteiger charge is -2.23. The Morgan fingerprint density at radius 2 is 1.86 bits per heavy atom. The summed E-state index contributed by atoms with van der Waals surface area (Å²) in [6.07, 6.45) is 30.4. The standard InChI is InChI=1S/C27H37N3O2.C2H6.CH4O/c1-2-3-4-5-12-19-29-27(32)24-16-17-25(30-22-23-14-9-8-10-15-23)26(21-24)28-18-11-6-7-13-20-31;2*1-2/h2-5,8-10,12,14,17-18,21-24,27,29,31-32H,1,6-7,11,13,15-16,19-20H2;1-2H3;2H,1H3/b4-3-,12-5+,28-18?,30-22?;;. The SMILES string of the molecule is C=C/C=C\C=C\CNC(O)C1C=C(N=CCCCCCO)C(N=CC2C=CC=CC2)=CC1.CC.CO. The summed E-state index contributed by atoms with van der Waals surface area (Å²) in [5, 5.41) is 29.7. The van der Waals surface area contributed by atoms with E-state index in [0.717, 1.165) is 50.6 Å². The van der Waals surface area contributed by atoms with Crippen LogP contribution in [0.15, 0.2) is 94.8 Å². The van der Waals surface area contributed by atoms with Crippen LogP contribution < -0.4 is 5.32 Å². The van der Waals surface area contributed by atoms with Crippen molar-refractivity contribution >= 4 is 12.4 Å². The molecule has 6 heteroatoms. The van der Waals surface area contributed by atoms with Gasteiger partial charge in [-0.25, -0.2) is 0 Å². The van der Waals surface area contributed by atoms with Gasteiger partial charge in [0.2, 0.25) is 0 Å². The maximum atomic E-state index is 10.6. The molecular formula is C30H47N3O3. The highest BCUT2D eigenvalue weighted by molar-refractivity contribution is 5.67. The number of aliphatic imine (C=N–C) groups is 2. The molecule has 200 valence electrons. The molecule has 0 aromatic heterocycles. The van der Waals surface area contributed by atoms with Crippen LogP contribution in [0.3, 0.4) is 0 Å². The fourth-order valence-electron chi connectivity index (χ4n) is 3.36. The molecule has 0 aromatic carbocycles. The molecule has 0 bridgehead atoms. The summed E-state index contributed by atoms with van der Waals surface area (Å²) in [6.45, 7) is 8.45. The molecule has 0 aromatic rings. The zero-order chi connectivity index (χ0) is 26.9. The first-order valence-corrected chi connectivity index (χ1v) is 13.0. The second-order valence-electron chi connectivity index (χ2n) is 7.82. The first-order valence-electron chi connectivity index (χ1n) is 13.0. The third-order valence-electron chi connectivity index (χ3n) is 5.20. The van der Waals surface area contributed by atoms with Crippen molar-refractivity contribution in [2.24, 2.45) is 21.8 Å². The van der Waals surface area contributed by atoms with Crippen LogP contribution in [0.25, 0.3) is 0 Å². The Morgan fingerprint density at radius 1 is 1.06 bits per heavy atom. The van der Waals surface area contributed by atoms with Crippen molar-refractivity contribution in [2.45, 2.75) is 58.6 Å². The van der Waals surface area contributed by atoms with Crippen molar-refractivity contribution in [3.8, 4) is 0 Å². The van der Waals surface area contributed by atoms with E-state index in [2.05, 4.69) is 47.3 Å². The molecule has 4 N–H and O–H groups in total. The summed E-state index contributed by atoms with van der Waals surface area (Å²) in [7, 11) is 1.00. The Labute approximate surface area is 218 Å². The number of rotatable bonds is 14. The Bertz CT molecular complexity index is 804. The normalized spacial score (nSPS) is 20.2. The van der Waals surface area contributed by atoms with Crippen molar-refractivity contribution in [3.63, 3.8) is 0 Å². The number of aliphatic hydroxyl groups excluding tert-OH is 3. The predicted octanol–water partition coefficient (Wildman–Crippen LogP) is 5.44. The molecule has 0 amide bonds. The van der Waals surface area contributed by atoms with Gasteiger partial charge in [-0.2, -0.15) is 0 Å². The smallest absolute Gasteiger partial charge is 0.111 e. The highest BCUT2D eigenvalue weighted by Crippen LogP contribution is 2.27. The van der Waals surface area contributed by atoms with Crippen molar-refractivity contribution in [2.75, 3.05) is 20.3 Å². The van der Waals surface area contributed by atoms with Crippen molar-refractivity contribution in [1.29, 1.82) is 0 Å². The van der Waals surface area contributed by atoms with E-state index in [1.807, 2.05) is 56.7 Å². The van der Waals surface area contributed by atoms with Crippen LogP contribution >= 0.6 is 0 Å². The van der Waals surface area contributed by atoms with Crippen molar-refractivity contribution in [1.82, 2.24) is 5.32 Å². The molecule has 6 nitrogen and oxygen atoms in total. The van der Waals surface area contributed by atoms with E-state index in [1.54, 1.807) is 6.08 Å². The molecule has 0 radical (unpaired) electrons. The molecular weight excluding hydrogens is 450 g/mol. The zero-order valence-corrected chi connectivity index (χ0v) is 22.3. The van der Waals surface area contributed by atoms with Gasteiger partial charge in [-0.1, -0.05) is 87.6 Å². The largest absolute Gasteiger partial charge is 0.400 e. The van der Waals surface area contributed by atoms with Gasteiger partial charge in [0.25, 0.3) is 0 Å². The third kappa shape index (κ3) is 15.4. The fraction of sp³-hybridized carbons (Fsp3) is 0.467. The van der Waals surface area contributed by atoms with E-state index < -0.39 is 6.23 Å². The Morgan fingerprint density at radius 3 is 2.56 bits per heavy atom. The highest BCUT2D eigenvalue weighted by atomic mass is 16.3. The lowest BCUT2D eigenvalue weighted by Crippen LogP contribution is -2.36. The number of unbranched alkanes of at least 4 members (excludes halogenated alkanes) is 3. The molecule has 3 atom stereocenters. The number of hydrogen-bond acceptors (Lipinski definition) is 6. The number of hydrogen-bond donors (Lipinski definition) is 4. The summed E-state index contributed by atoms with van der Waals surface area (Å²) < 4.78 is 0. The fourth-order valence-corrected chi connectivity index (χ4v) is 3.36. The average Bonchev–Trinajstić information content (AvgIpc) is 2.94. The number of allylic oxidation sites excluding steroid dienone is 9. The molecule has 0 heterocycles. The lowest BCUT2D eigenvalue weighted by molar-refractivity contribution is 0.0989. The van der Waals surface area contributed by atoms with E-state index in [1.165, 1.54) is 0 Å². The van der Waals surface area contributed by atoms with Gasteiger partial charge in [-0.3, -0.25) is 15.3 Å². The minimum absolute atomic E-state index is 0.0647. The van der Waals surface area contributed by atoms with Crippen LogP contribution in [0.1, 0.15) is 52.4 Å². The molecule has 0 saturated carbocycles. The van der Waals surface area contributed by atoms with Gasteiger partial charge in [0, 0.05) is 44.5 Å². The molecule has 0 fully saturated rings. The predicted molar refractivity (Wildman–Crippen MR) is 155 cm³/mol. The van der Waals surface area contributed by atoms with E-state index in [0.29, 0.717) is 18.9 Å². The van der Waals surface area contributed by atoms with Gasteiger partial charge in [-0.05, 0) is 38.2 Å². The number of nitrogens with one attached hydrogen (secondary N) is 1. The Balaban J connectivity index is 0.00000291. The molecule has 0 saturated heterocycles. The van der Waals surface area contributed by atoms with Gasteiger partial charge >= 0.3 is 0 Å². The molecule has 2 aliphatic rings. The maximum absolute atomic E-state index is 10.6. The second-order valence-corrected chi connectivity index (χ2v) is 7.82.